The van der Waals surface area contributed by atoms with Crippen LogP contribution in [0, 0.1) is 0 Å². The van der Waals surface area contributed by atoms with Crippen LogP contribution in [-0.4, -0.2) is 34.8 Å². The van der Waals surface area contributed by atoms with E-state index < -0.39 is 17.7 Å². The zero-order chi connectivity index (χ0) is 13.2. The van der Waals surface area contributed by atoms with E-state index in [1.54, 1.807) is 20.8 Å². The Hall–Kier alpha value is -1.98. The standard InChI is InChI=1S/C11H16N2O4/c1-11(2,3)17-10(16)13(4)8-6-5-7(12-8)9(14)15/h5-6,12H,1-4H3,(H,14,15). The number of aromatic carboxylic acids is 1. The van der Waals surface area contributed by atoms with Gasteiger partial charge in [0.15, 0.2) is 0 Å². The first-order valence-corrected chi connectivity index (χ1v) is 5.10. The monoisotopic (exact) mass is 240 g/mol. The first-order chi connectivity index (χ1) is 7.70. The van der Waals surface area contributed by atoms with E-state index in [1.165, 1.54) is 24.1 Å². The van der Waals surface area contributed by atoms with E-state index in [-0.39, 0.29) is 5.69 Å². The van der Waals surface area contributed by atoms with E-state index in [4.69, 9.17) is 9.84 Å². The van der Waals surface area contributed by atoms with Gasteiger partial charge in [0.05, 0.1) is 0 Å². The maximum absolute atomic E-state index is 11.7. The summed E-state index contributed by atoms with van der Waals surface area (Å²) in [6.07, 6.45) is -0.545. The fourth-order valence-electron chi connectivity index (χ4n) is 1.13. The van der Waals surface area contributed by atoms with Crippen LogP contribution in [-0.2, 0) is 4.74 Å². The van der Waals surface area contributed by atoms with Gasteiger partial charge in [-0.2, -0.15) is 0 Å². The van der Waals surface area contributed by atoms with Crippen LogP contribution in [0.4, 0.5) is 10.6 Å². The van der Waals surface area contributed by atoms with Gasteiger partial charge in [0.25, 0.3) is 0 Å². The number of hydrogen-bond acceptors (Lipinski definition) is 3. The molecule has 0 spiro atoms. The van der Waals surface area contributed by atoms with Gasteiger partial charge in [0.1, 0.15) is 17.1 Å². The lowest BCUT2D eigenvalue weighted by molar-refractivity contribution is 0.0586. The first-order valence-electron chi connectivity index (χ1n) is 5.10. The molecule has 1 rings (SSSR count). The van der Waals surface area contributed by atoms with Crippen LogP contribution in [0.1, 0.15) is 31.3 Å². The van der Waals surface area contributed by atoms with E-state index in [1.807, 2.05) is 0 Å². The first kappa shape index (κ1) is 13.1. The Morgan fingerprint density at radius 3 is 2.35 bits per heavy atom. The third kappa shape index (κ3) is 3.51. The molecule has 0 fully saturated rings. The fourth-order valence-corrected chi connectivity index (χ4v) is 1.13. The number of rotatable bonds is 2. The van der Waals surface area contributed by atoms with Crippen molar-refractivity contribution in [2.45, 2.75) is 26.4 Å². The second-order valence-corrected chi connectivity index (χ2v) is 4.60. The molecular weight excluding hydrogens is 224 g/mol. The van der Waals surface area contributed by atoms with Crippen LogP contribution < -0.4 is 4.90 Å². The zero-order valence-electron chi connectivity index (χ0n) is 10.3. The van der Waals surface area contributed by atoms with Crippen LogP contribution in [0.3, 0.4) is 0 Å². The van der Waals surface area contributed by atoms with Crippen LogP contribution in [0.25, 0.3) is 0 Å². The van der Waals surface area contributed by atoms with Gasteiger partial charge in [0, 0.05) is 7.05 Å². The summed E-state index contributed by atoms with van der Waals surface area (Å²) in [5, 5.41) is 8.74. The molecule has 0 bridgehead atoms. The lowest BCUT2D eigenvalue weighted by atomic mass is 10.2. The molecule has 1 aromatic rings. The number of carboxylic acids is 1. The largest absolute Gasteiger partial charge is 0.477 e. The van der Waals surface area contributed by atoms with Crippen molar-refractivity contribution in [3.63, 3.8) is 0 Å². The Morgan fingerprint density at radius 1 is 1.35 bits per heavy atom. The molecule has 1 aromatic heterocycles. The summed E-state index contributed by atoms with van der Waals surface area (Å²) in [6, 6.07) is 2.89. The minimum Gasteiger partial charge on any atom is -0.477 e. The van der Waals surface area contributed by atoms with Gasteiger partial charge in [-0.05, 0) is 32.9 Å². The average molecular weight is 240 g/mol. The third-order valence-corrected chi connectivity index (χ3v) is 1.93. The minimum atomic E-state index is -1.08. The van der Waals surface area contributed by atoms with Gasteiger partial charge in [-0.25, -0.2) is 9.59 Å². The number of hydrogen-bond donors (Lipinski definition) is 2. The summed E-state index contributed by atoms with van der Waals surface area (Å²) in [5.41, 5.74) is -0.566. The second-order valence-electron chi connectivity index (χ2n) is 4.60. The van der Waals surface area contributed by atoms with Crippen molar-refractivity contribution in [3.8, 4) is 0 Å². The van der Waals surface area contributed by atoms with Gasteiger partial charge in [-0.3, -0.25) is 4.90 Å². The number of nitrogens with zero attached hydrogens (tertiary/aromatic N) is 1. The number of carbonyl (C=O) groups is 2. The minimum absolute atomic E-state index is 0.0235. The number of H-pyrrole nitrogens is 1. The molecule has 0 unspecified atom stereocenters. The predicted molar refractivity (Wildman–Crippen MR) is 62.4 cm³/mol. The highest BCUT2D eigenvalue weighted by molar-refractivity contribution is 5.90. The Bertz CT molecular complexity index is 431. The topological polar surface area (TPSA) is 82.6 Å². The molecule has 2 N–H and O–H groups in total. The summed E-state index contributed by atoms with van der Waals surface area (Å²) < 4.78 is 5.14. The molecule has 1 amide bonds. The molecule has 1 heterocycles. The average Bonchev–Trinajstić information content (AvgIpc) is 2.62. The van der Waals surface area contributed by atoms with E-state index in [2.05, 4.69) is 4.98 Å². The molecule has 94 valence electrons. The Labute approximate surface area is 99.2 Å². The lowest BCUT2D eigenvalue weighted by Gasteiger charge is -2.23. The van der Waals surface area contributed by atoms with Crippen LogP contribution in [0.5, 0.6) is 0 Å². The second kappa shape index (κ2) is 4.48. The molecule has 0 radical (unpaired) electrons. The number of nitrogens with one attached hydrogen (secondary N) is 1. The third-order valence-electron chi connectivity index (χ3n) is 1.93. The van der Waals surface area contributed by atoms with Gasteiger partial charge >= 0.3 is 12.1 Å². The van der Waals surface area contributed by atoms with Crippen LogP contribution >= 0.6 is 0 Å². The molecule has 0 aliphatic rings. The maximum Gasteiger partial charge on any atom is 0.415 e. The fraction of sp³-hybridized carbons (Fsp3) is 0.455. The number of aromatic amines is 1. The van der Waals surface area contributed by atoms with Crippen molar-refractivity contribution in [1.29, 1.82) is 0 Å². The number of ether oxygens (including phenoxy) is 1. The normalized spacial score (nSPS) is 11.1. The van der Waals surface area contributed by atoms with Crippen molar-refractivity contribution in [3.05, 3.63) is 17.8 Å². The summed E-state index contributed by atoms with van der Waals surface area (Å²) >= 11 is 0. The van der Waals surface area contributed by atoms with Gasteiger partial charge in [-0.15, -0.1) is 0 Å². The number of carbonyl (C=O) groups excluding carboxylic acids is 1. The molecule has 6 nitrogen and oxygen atoms in total. The number of amides is 1. The van der Waals surface area contributed by atoms with Crippen molar-refractivity contribution in [2.75, 3.05) is 11.9 Å². The van der Waals surface area contributed by atoms with Gasteiger partial charge in [0.2, 0.25) is 0 Å². The lowest BCUT2D eigenvalue weighted by Crippen LogP contribution is -2.34. The highest BCUT2D eigenvalue weighted by atomic mass is 16.6. The van der Waals surface area contributed by atoms with Gasteiger partial charge in [-0.1, -0.05) is 0 Å². The van der Waals surface area contributed by atoms with Crippen molar-refractivity contribution < 1.29 is 19.4 Å². The highest BCUT2D eigenvalue weighted by Crippen LogP contribution is 2.16. The number of aromatic nitrogens is 1. The molecule has 0 saturated carbocycles. The van der Waals surface area contributed by atoms with E-state index in [0.29, 0.717) is 5.82 Å². The highest BCUT2D eigenvalue weighted by Gasteiger charge is 2.21. The van der Waals surface area contributed by atoms with Crippen LogP contribution in [0.2, 0.25) is 0 Å². The SMILES string of the molecule is CN(C(=O)OC(C)(C)C)c1ccc(C(=O)O)[nH]1. The maximum atomic E-state index is 11.7. The molecule has 0 saturated heterocycles. The summed E-state index contributed by atoms with van der Waals surface area (Å²) in [5.74, 6) is -0.703. The smallest absolute Gasteiger partial charge is 0.415 e. The Morgan fingerprint density at radius 2 is 1.94 bits per heavy atom. The molecule has 0 atom stereocenters. The Balaban J connectivity index is 2.78. The summed E-state index contributed by atoms with van der Waals surface area (Å²) in [7, 11) is 1.51. The molecular formula is C11H16N2O4. The number of carboxylic acid groups (broad SMARTS) is 1. The van der Waals surface area contributed by atoms with Crippen molar-refractivity contribution in [1.82, 2.24) is 4.98 Å². The van der Waals surface area contributed by atoms with E-state index in [0.717, 1.165) is 0 Å². The van der Waals surface area contributed by atoms with Crippen molar-refractivity contribution in [2.24, 2.45) is 0 Å². The van der Waals surface area contributed by atoms with Crippen molar-refractivity contribution >= 4 is 17.9 Å². The quantitative estimate of drug-likeness (QED) is 0.829. The molecule has 0 aliphatic carbocycles. The Kier molecular flexibility index (Phi) is 3.45. The summed E-state index contributed by atoms with van der Waals surface area (Å²) in [4.78, 5) is 26.2. The summed E-state index contributed by atoms with van der Waals surface area (Å²) in [6.45, 7) is 5.28. The molecule has 0 aliphatic heterocycles. The molecule has 17 heavy (non-hydrogen) atoms. The zero-order valence-corrected chi connectivity index (χ0v) is 10.3. The molecule has 6 heteroatoms. The predicted octanol–water partition coefficient (Wildman–Crippen LogP) is 2.08. The van der Waals surface area contributed by atoms with Gasteiger partial charge < -0.3 is 14.8 Å². The molecule has 0 aromatic carbocycles. The number of anilines is 1. The van der Waals surface area contributed by atoms with E-state index in [9.17, 15) is 9.59 Å². The van der Waals surface area contributed by atoms with E-state index >= 15 is 0 Å². The van der Waals surface area contributed by atoms with Crippen LogP contribution in [0.15, 0.2) is 12.1 Å².